The Labute approximate surface area is 264 Å². The van der Waals surface area contributed by atoms with Gasteiger partial charge in [-0.1, -0.05) is 65.5 Å². The van der Waals surface area contributed by atoms with Crippen LogP contribution in [0.3, 0.4) is 0 Å². The van der Waals surface area contributed by atoms with Crippen LogP contribution in [0.25, 0.3) is 51.4 Å². The maximum absolute atomic E-state index is 11.5. The van der Waals surface area contributed by atoms with Gasteiger partial charge in [0.2, 0.25) is 0 Å². The number of carboxylic acid groups (broad SMARTS) is 1. The van der Waals surface area contributed by atoms with Crippen LogP contribution in [-0.2, 0) is 17.6 Å². The fourth-order valence-electron chi connectivity index (χ4n) is 5.98. The molecule has 0 saturated heterocycles. The number of nitriles is 1. The summed E-state index contributed by atoms with van der Waals surface area (Å²) in [5, 5.41) is 18.7. The summed E-state index contributed by atoms with van der Waals surface area (Å²) in [6.07, 6.45) is 16.8. The van der Waals surface area contributed by atoms with Crippen molar-refractivity contribution in [1.82, 2.24) is 19.9 Å². The van der Waals surface area contributed by atoms with E-state index in [9.17, 15) is 15.2 Å². The Hall–Kier alpha value is -4.96. The number of allylic oxidation sites excluding steroid dienone is 4. The lowest BCUT2D eigenvalue weighted by Crippen LogP contribution is -1.96. The van der Waals surface area contributed by atoms with Gasteiger partial charge in [-0.2, -0.15) is 5.26 Å². The predicted octanol–water partition coefficient (Wildman–Crippen LogP) is 9.45. The van der Waals surface area contributed by atoms with Gasteiger partial charge in [0.15, 0.2) is 0 Å². The van der Waals surface area contributed by atoms with Crippen LogP contribution in [0.2, 0.25) is 0 Å². The largest absolute Gasteiger partial charge is 0.477 e. The number of aromatic nitrogens is 4. The first-order valence-electron chi connectivity index (χ1n) is 16.1. The highest BCUT2D eigenvalue weighted by Crippen LogP contribution is 2.33. The molecule has 0 unspecified atom stereocenters. The van der Waals surface area contributed by atoms with Gasteiger partial charge in [0.05, 0.1) is 33.8 Å². The molecular formula is C38H41N5O2. The molecule has 3 aromatic rings. The summed E-state index contributed by atoms with van der Waals surface area (Å²) >= 11 is 0. The maximum Gasteiger partial charge on any atom is 0.346 e. The van der Waals surface area contributed by atoms with E-state index in [2.05, 4.69) is 80.1 Å². The third kappa shape index (κ3) is 6.91. The normalized spacial score (nSPS) is 13.2. The molecular weight excluding hydrogens is 558 g/mol. The van der Waals surface area contributed by atoms with E-state index in [1.165, 1.54) is 22.8 Å². The summed E-state index contributed by atoms with van der Waals surface area (Å²) in [5.41, 5.74) is 12.9. The van der Waals surface area contributed by atoms with Gasteiger partial charge in [0, 0.05) is 16.6 Å². The third-order valence-electron chi connectivity index (χ3n) is 8.10. The Bertz CT molecular complexity index is 1940. The molecule has 0 amide bonds. The van der Waals surface area contributed by atoms with Crippen LogP contribution in [0.1, 0.15) is 106 Å². The van der Waals surface area contributed by atoms with E-state index in [0.717, 1.165) is 107 Å². The molecule has 0 fully saturated rings. The zero-order valence-corrected chi connectivity index (χ0v) is 26.6. The Morgan fingerprint density at radius 3 is 2.04 bits per heavy atom. The fourth-order valence-corrected chi connectivity index (χ4v) is 5.98. The van der Waals surface area contributed by atoms with E-state index < -0.39 is 5.97 Å². The molecule has 5 heterocycles. The first kappa shape index (κ1) is 31.5. The Balaban J connectivity index is 1.91. The van der Waals surface area contributed by atoms with Crippen LogP contribution in [0.5, 0.6) is 0 Å². The molecule has 7 nitrogen and oxygen atoms in total. The SMILES string of the molecule is CCCC1=Cc2nc1ccc1[nH]c(cc1CCC)c1nc(c(/C=C/C=C(\C#N)C(=O)O)cc3[nH]c2cc3CCC)C(CCC)=C1. The highest BCUT2D eigenvalue weighted by atomic mass is 16.4. The van der Waals surface area contributed by atoms with Crippen molar-refractivity contribution in [3.05, 3.63) is 87.5 Å². The third-order valence-corrected chi connectivity index (χ3v) is 8.10. The van der Waals surface area contributed by atoms with Crippen LogP contribution in [0, 0.1) is 11.3 Å². The molecule has 45 heavy (non-hydrogen) atoms. The average Bonchev–Trinajstić information content (AvgIpc) is 3.80. The molecule has 8 bridgehead atoms. The average molecular weight is 600 g/mol. The molecule has 230 valence electrons. The van der Waals surface area contributed by atoms with Gasteiger partial charge in [-0.25, -0.2) is 14.8 Å². The molecule has 2 aliphatic heterocycles. The number of carbonyl (C=O) groups is 1. The van der Waals surface area contributed by atoms with E-state index in [4.69, 9.17) is 9.97 Å². The zero-order valence-electron chi connectivity index (χ0n) is 26.6. The first-order chi connectivity index (χ1) is 21.9. The molecule has 0 aromatic carbocycles. The minimum absolute atomic E-state index is 0.324. The number of aromatic amines is 2. The van der Waals surface area contributed by atoms with Crippen molar-refractivity contribution < 1.29 is 9.90 Å². The second-order valence-electron chi connectivity index (χ2n) is 11.6. The molecule has 0 spiro atoms. The van der Waals surface area contributed by atoms with E-state index in [-0.39, 0.29) is 5.57 Å². The topological polar surface area (TPSA) is 118 Å². The fraction of sp³-hybridized carbons (Fsp3) is 0.316. The number of nitrogens with zero attached hydrogens (tertiary/aromatic N) is 3. The Morgan fingerprint density at radius 1 is 0.800 bits per heavy atom. The van der Waals surface area contributed by atoms with Gasteiger partial charge in [-0.15, -0.1) is 0 Å². The Morgan fingerprint density at radius 2 is 1.40 bits per heavy atom. The van der Waals surface area contributed by atoms with Crippen molar-refractivity contribution >= 4 is 57.4 Å². The summed E-state index contributed by atoms with van der Waals surface area (Å²) in [6, 6.07) is 12.6. The molecule has 0 saturated carbocycles. The number of carboxylic acids is 1. The number of aryl methyl sites for hydroxylation is 2. The smallest absolute Gasteiger partial charge is 0.346 e. The molecule has 0 aliphatic carbocycles. The highest BCUT2D eigenvalue weighted by molar-refractivity contribution is 5.93. The van der Waals surface area contributed by atoms with E-state index in [0.29, 0.717) is 0 Å². The van der Waals surface area contributed by atoms with Gasteiger partial charge in [0.1, 0.15) is 11.6 Å². The van der Waals surface area contributed by atoms with Crippen molar-refractivity contribution in [1.29, 1.82) is 5.26 Å². The number of rotatable bonds is 11. The number of nitrogens with one attached hydrogen (secondary N) is 2. The number of hydrogen-bond donors (Lipinski definition) is 3. The second-order valence-corrected chi connectivity index (χ2v) is 11.6. The molecule has 3 N–H and O–H groups in total. The van der Waals surface area contributed by atoms with Crippen molar-refractivity contribution in [3.8, 4) is 6.07 Å². The van der Waals surface area contributed by atoms with Gasteiger partial charge in [-0.3, -0.25) is 0 Å². The zero-order chi connectivity index (χ0) is 31.9. The van der Waals surface area contributed by atoms with Gasteiger partial charge >= 0.3 is 5.97 Å². The minimum atomic E-state index is -1.25. The maximum atomic E-state index is 11.5. The number of H-pyrrole nitrogens is 2. The highest BCUT2D eigenvalue weighted by Gasteiger charge is 2.17. The summed E-state index contributed by atoms with van der Waals surface area (Å²) in [4.78, 5) is 29.1. The van der Waals surface area contributed by atoms with Crippen molar-refractivity contribution in [2.75, 3.05) is 0 Å². The van der Waals surface area contributed by atoms with Crippen molar-refractivity contribution in [3.63, 3.8) is 0 Å². The quantitative estimate of drug-likeness (QED) is 0.115. The second kappa shape index (κ2) is 14.2. The standard InChI is InChI=1S/C38H41N5O2/c1-5-10-24-18-33-34-20-26(12-7-3)32(42-34)21-28(14-9-15-29(23-39)38(44)45)37-27(13-8-4)22-36(43-37)35-19-25(11-6-2)31(41-35)17-16-30(24)40-33/h9,14-22,41-42H,5-8,10-13H2,1-4H3,(H,44,45)/b14-9+,17-16?,28-21?,29-15+,30-16?,31-17?,32-21?,34-33?,36-35?,37-28?. The van der Waals surface area contributed by atoms with Gasteiger partial charge in [0.25, 0.3) is 0 Å². The van der Waals surface area contributed by atoms with Gasteiger partial charge in [-0.05, 0) is 96.5 Å². The molecule has 5 rings (SSSR count). The van der Waals surface area contributed by atoms with Crippen LogP contribution < -0.4 is 0 Å². The number of fused-ring (bicyclic) bond motifs is 10. The lowest BCUT2D eigenvalue weighted by Gasteiger charge is -2.03. The molecule has 2 aliphatic rings. The predicted molar refractivity (Wildman–Crippen MR) is 185 cm³/mol. The molecule has 0 atom stereocenters. The summed E-state index contributed by atoms with van der Waals surface area (Å²) in [5.74, 6) is -1.25. The van der Waals surface area contributed by atoms with Crippen LogP contribution in [-0.4, -0.2) is 31.0 Å². The minimum Gasteiger partial charge on any atom is -0.477 e. The number of aliphatic carboxylic acids is 1. The first-order valence-corrected chi connectivity index (χ1v) is 16.1. The monoisotopic (exact) mass is 599 g/mol. The lowest BCUT2D eigenvalue weighted by molar-refractivity contribution is -0.132. The van der Waals surface area contributed by atoms with Crippen LogP contribution in [0.4, 0.5) is 0 Å². The summed E-state index contributed by atoms with van der Waals surface area (Å²) < 4.78 is 0. The van der Waals surface area contributed by atoms with Crippen LogP contribution in [0.15, 0.2) is 48.1 Å². The molecule has 0 radical (unpaired) electrons. The Kier molecular flexibility index (Phi) is 9.94. The number of hydrogen-bond acceptors (Lipinski definition) is 4. The van der Waals surface area contributed by atoms with Gasteiger partial charge < -0.3 is 15.1 Å². The van der Waals surface area contributed by atoms with E-state index >= 15 is 0 Å². The van der Waals surface area contributed by atoms with Crippen molar-refractivity contribution in [2.45, 2.75) is 79.1 Å². The summed E-state index contributed by atoms with van der Waals surface area (Å²) in [6.45, 7) is 8.70. The van der Waals surface area contributed by atoms with Crippen LogP contribution >= 0.6 is 0 Å². The lowest BCUT2D eigenvalue weighted by atomic mass is 10.0. The molecule has 7 heteroatoms. The summed E-state index contributed by atoms with van der Waals surface area (Å²) in [7, 11) is 0. The van der Waals surface area contributed by atoms with E-state index in [1.54, 1.807) is 12.1 Å². The van der Waals surface area contributed by atoms with Crippen molar-refractivity contribution in [2.24, 2.45) is 0 Å². The molecule has 3 aromatic heterocycles. The van der Waals surface area contributed by atoms with E-state index in [1.807, 2.05) is 6.08 Å².